The van der Waals surface area contributed by atoms with Gasteiger partial charge in [0.1, 0.15) is 11.9 Å². The third-order valence-electron chi connectivity index (χ3n) is 6.80. The van der Waals surface area contributed by atoms with E-state index in [2.05, 4.69) is 19.1 Å². The van der Waals surface area contributed by atoms with E-state index in [1.807, 2.05) is 42.5 Å². The molecular formula is C29H34O4. The van der Waals surface area contributed by atoms with Crippen LogP contribution >= 0.6 is 0 Å². The van der Waals surface area contributed by atoms with Crippen molar-refractivity contribution in [3.05, 3.63) is 83.3 Å². The van der Waals surface area contributed by atoms with Crippen LogP contribution in [0, 0.1) is 12.8 Å². The molecule has 0 spiro atoms. The number of benzene rings is 2. The molecular weight excluding hydrogens is 412 g/mol. The minimum atomic E-state index is -0.332. The number of methoxy groups -OCH3 is 1. The molecule has 0 radical (unpaired) electrons. The fourth-order valence-electron chi connectivity index (χ4n) is 4.91. The average Bonchev–Trinajstić information content (AvgIpc) is 3.39. The Bertz CT molecular complexity index is 1030. The van der Waals surface area contributed by atoms with Crippen LogP contribution < -0.4 is 0 Å². The molecule has 0 aliphatic heterocycles. The lowest BCUT2D eigenvalue weighted by atomic mass is 9.85. The van der Waals surface area contributed by atoms with Gasteiger partial charge in [-0.3, -0.25) is 0 Å². The van der Waals surface area contributed by atoms with Crippen LogP contribution in [0.15, 0.2) is 65.3 Å². The number of hydrogen-bond acceptors (Lipinski definition) is 4. The van der Waals surface area contributed by atoms with Gasteiger partial charge in [0.05, 0.1) is 25.5 Å². The van der Waals surface area contributed by atoms with Crippen LogP contribution in [0.25, 0.3) is 11.1 Å². The molecule has 0 bridgehead atoms. The number of aryl methyl sites for hydroxylation is 1. The molecule has 4 nitrogen and oxygen atoms in total. The zero-order chi connectivity index (χ0) is 23.0. The average molecular weight is 447 g/mol. The van der Waals surface area contributed by atoms with E-state index in [-0.39, 0.29) is 12.1 Å². The molecule has 174 valence electrons. The van der Waals surface area contributed by atoms with Crippen LogP contribution in [-0.2, 0) is 16.1 Å². The first-order chi connectivity index (χ1) is 16.2. The van der Waals surface area contributed by atoms with Crippen LogP contribution in [0.2, 0.25) is 0 Å². The summed E-state index contributed by atoms with van der Waals surface area (Å²) >= 11 is 0. The molecule has 0 amide bonds. The van der Waals surface area contributed by atoms with Crippen molar-refractivity contribution in [3.8, 4) is 11.1 Å². The normalized spacial score (nSPS) is 15.3. The standard InChI is InChI=1S/C29H34O4/c1-21-9-6-7-12-24(21)26-19-23(14-16-25(26)29(30)31-2)20-33-28(27-13-8-18-32-27)17-15-22-10-4-3-5-11-22/h6-9,12-14,16,18-19,22,28H,3-5,10-11,15,17,20H2,1-2H3. The highest BCUT2D eigenvalue weighted by Gasteiger charge is 2.21. The topological polar surface area (TPSA) is 48.7 Å². The van der Waals surface area contributed by atoms with Gasteiger partial charge >= 0.3 is 5.97 Å². The Morgan fingerprint density at radius 2 is 1.85 bits per heavy atom. The highest BCUT2D eigenvalue weighted by molar-refractivity contribution is 5.97. The lowest BCUT2D eigenvalue weighted by molar-refractivity contribution is 0.0147. The lowest BCUT2D eigenvalue weighted by Crippen LogP contribution is -2.11. The first kappa shape index (κ1) is 23.3. The Kier molecular flexibility index (Phi) is 8.01. The second-order valence-corrected chi connectivity index (χ2v) is 9.08. The number of esters is 1. The highest BCUT2D eigenvalue weighted by atomic mass is 16.5. The number of rotatable bonds is 9. The number of carbonyl (C=O) groups is 1. The summed E-state index contributed by atoms with van der Waals surface area (Å²) in [5, 5.41) is 0. The summed E-state index contributed by atoms with van der Waals surface area (Å²) in [4.78, 5) is 12.4. The number of carbonyl (C=O) groups excluding carboxylic acids is 1. The molecule has 1 aliphatic rings. The molecule has 33 heavy (non-hydrogen) atoms. The minimum Gasteiger partial charge on any atom is -0.467 e. The van der Waals surface area contributed by atoms with Crippen LogP contribution in [-0.4, -0.2) is 13.1 Å². The van der Waals surface area contributed by atoms with E-state index in [0.717, 1.165) is 40.4 Å². The molecule has 1 saturated carbocycles. The van der Waals surface area contributed by atoms with Gasteiger partial charge < -0.3 is 13.9 Å². The molecule has 1 aromatic heterocycles. The number of ether oxygens (including phenoxy) is 2. The van der Waals surface area contributed by atoms with Crippen molar-refractivity contribution >= 4 is 5.97 Å². The Labute approximate surface area is 196 Å². The van der Waals surface area contributed by atoms with Gasteiger partial charge in [-0.15, -0.1) is 0 Å². The number of furan rings is 1. The van der Waals surface area contributed by atoms with Crippen molar-refractivity contribution in [1.82, 2.24) is 0 Å². The second-order valence-electron chi connectivity index (χ2n) is 9.08. The monoisotopic (exact) mass is 446 g/mol. The summed E-state index contributed by atoms with van der Waals surface area (Å²) in [6.07, 6.45) is 10.5. The predicted octanol–water partition coefficient (Wildman–Crippen LogP) is 7.66. The molecule has 0 N–H and O–H groups in total. The van der Waals surface area contributed by atoms with Gasteiger partial charge in [0.15, 0.2) is 0 Å². The van der Waals surface area contributed by atoms with Gasteiger partial charge in [0.25, 0.3) is 0 Å². The van der Waals surface area contributed by atoms with Gasteiger partial charge in [-0.05, 0) is 72.2 Å². The van der Waals surface area contributed by atoms with Crippen molar-refractivity contribution in [2.24, 2.45) is 5.92 Å². The minimum absolute atomic E-state index is 0.0656. The van der Waals surface area contributed by atoms with E-state index in [9.17, 15) is 4.79 Å². The molecule has 2 aromatic carbocycles. The second kappa shape index (κ2) is 11.3. The summed E-state index contributed by atoms with van der Waals surface area (Å²) in [5.74, 6) is 1.35. The Morgan fingerprint density at radius 1 is 1.03 bits per heavy atom. The summed E-state index contributed by atoms with van der Waals surface area (Å²) in [7, 11) is 1.42. The van der Waals surface area contributed by atoms with Gasteiger partial charge in [-0.1, -0.05) is 62.4 Å². The lowest BCUT2D eigenvalue weighted by Gasteiger charge is -2.24. The maximum Gasteiger partial charge on any atom is 0.338 e. The predicted molar refractivity (Wildman–Crippen MR) is 130 cm³/mol. The third-order valence-corrected chi connectivity index (χ3v) is 6.80. The Morgan fingerprint density at radius 3 is 2.58 bits per heavy atom. The maximum atomic E-state index is 12.4. The van der Waals surface area contributed by atoms with Crippen LogP contribution in [0.4, 0.5) is 0 Å². The molecule has 0 saturated heterocycles. The van der Waals surface area contributed by atoms with Crippen molar-refractivity contribution < 1.29 is 18.7 Å². The fraction of sp³-hybridized carbons (Fsp3) is 0.414. The van der Waals surface area contributed by atoms with E-state index in [1.54, 1.807) is 6.26 Å². The molecule has 1 heterocycles. The van der Waals surface area contributed by atoms with Crippen molar-refractivity contribution in [2.45, 2.75) is 64.6 Å². The van der Waals surface area contributed by atoms with Crippen LogP contribution in [0.1, 0.15) is 78.3 Å². The van der Waals surface area contributed by atoms with Gasteiger partial charge in [-0.2, -0.15) is 0 Å². The molecule has 1 aliphatic carbocycles. The van der Waals surface area contributed by atoms with E-state index in [4.69, 9.17) is 13.9 Å². The maximum absolute atomic E-state index is 12.4. The zero-order valence-corrected chi connectivity index (χ0v) is 19.7. The summed E-state index contributed by atoms with van der Waals surface area (Å²) in [6, 6.07) is 17.9. The van der Waals surface area contributed by atoms with E-state index in [1.165, 1.54) is 45.6 Å². The quantitative estimate of drug-likeness (QED) is 0.317. The summed E-state index contributed by atoms with van der Waals surface area (Å²) in [6.45, 7) is 2.51. The van der Waals surface area contributed by atoms with Crippen LogP contribution in [0.3, 0.4) is 0 Å². The number of hydrogen-bond donors (Lipinski definition) is 0. The Balaban J connectivity index is 1.52. The smallest absolute Gasteiger partial charge is 0.338 e. The summed E-state index contributed by atoms with van der Waals surface area (Å²) < 4.78 is 17.1. The summed E-state index contributed by atoms with van der Waals surface area (Å²) in [5.41, 5.74) is 4.60. The fourth-order valence-corrected chi connectivity index (χ4v) is 4.91. The molecule has 3 aromatic rings. The van der Waals surface area contributed by atoms with Crippen molar-refractivity contribution in [2.75, 3.05) is 7.11 Å². The molecule has 4 heteroatoms. The van der Waals surface area contributed by atoms with Gasteiger partial charge in [0, 0.05) is 0 Å². The van der Waals surface area contributed by atoms with Crippen molar-refractivity contribution in [3.63, 3.8) is 0 Å². The van der Waals surface area contributed by atoms with E-state index >= 15 is 0 Å². The van der Waals surface area contributed by atoms with Crippen LogP contribution in [0.5, 0.6) is 0 Å². The molecule has 1 fully saturated rings. The largest absolute Gasteiger partial charge is 0.467 e. The SMILES string of the molecule is COC(=O)c1ccc(COC(CCC2CCCCC2)c2ccco2)cc1-c1ccccc1C. The zero-order valence-electron chi connectivity index (χ0n) is 19.7. The third kappa shape index (κ3) is 5.94. The Hall–Kier alpha value is -2.85. The highest BCUT2D eigenvalue weighted by Crippen LogP contribution is 2.33. The first-order valence-electron chi connectivity index (χ1n) is 12.1. The molecule has 1 atom stereocenters. The molecule has 4 rings (SSSR count). The van der Waals surface area contributed by atoms with Crippen molar-refractivity contribution in [1.29, 1.82) is 0 Å². The van der Waals surface area contributed by atoms with E-state index < -0.39 is 0 Å². The molecule has 1 unspecified atom stereocenters. The first-order valence-corrected chi connectivity index (χ1v) is 12.1. The van der Waals surface area contributed by atoms with Gasteiger partial charge in [-0.25, -0.2) is 4.79 Å². The van der Waals surface area contributed by atoms with Gasteiger partial charge in [0.2, 0.25) is 0 Å². The van der Waals surface area contributed by atoms with E-state index in [0.29, 0.717) is 12.2 Å².